The second-order valence-electron chi connectivity index (χ2n) is 5.18. The summed E-state index contributed by atoms with van der Waals surface area (Å²) in [6, 6.07) is 2.24. The molecule has 0 atom stereocenters. The molecule has 2 heterocycles. The van der Waals surface area contributed by atoms with Crippen molar-refractivity contribution in [2.45, 2.75) is 26.2 Å². The molecule has 1 saturated heterocycles. The predicted octanol–water partition coefficient (Wildman–Crippen LogP) is 0.979. The van der Waals surface area contributed by atoms with Gasteiger partial charge in [0.15, 0.2) is 0 Å². The number of hydrogen-bond donors (Lipinski definition) is 0. The quantitative estimate of drug-likeness (QED) is 0.790. The van der Waals surface area contributed by atoms with Gasteiger partial charge in [0.1, 0.15) is 11.8 Å². The molecule has 0 saturated carbocycles. The van der Waals surface area contributed by atoms with Crippen LogP contribution in [0.4, 0.5) is 5.95 Å². The zero-order valence-corrected chi connectivity index (χ0v) is 11.4. The van der Waals surface area contributed by atoms with E-state index in [1.165, 1.54) is 0 Å². The van der Waals surface area contributed by atoms with E-state index in [-0.39, 0.29) is 0 Å². The first kappa shape index (κ1) is 12.4. The number of aromatic nitrogens is 2. The Balaban J connectivity index is 1.84. The maximum absolute atomic E-state index is 9.24. The van der Waals surface area contributed by atoms with Gasteiger partial charge < -0.3 is 9.80 Å². The topological polar surface area (TPSA) is 56.0 Å². The number of anilines is 1. The normalized spacial score (nSPS) is 19.3. The van der Waals surface area contributed by atoms with E-state index in [1.807, 2.05) is 0 Å². The van der Waals surface area contributed by atoms with E-state index in [1.54, 1.807) is 0 Å². The summed E-state index contributed by atoms with van der Waals surface area (Å²) in [5, 5.41) is 9.24. The van der Waals surface area contributed by atoms with Crippen LogP contribution in [0.3, 0.4) is 0 Å². The maximum atomic E-state index is 9.24. The van der Waals surface area contributed by atoms with Gasteiger partial charge in [0.05, 0.1) is 5.69 Å². The molecule has 5 heteroatoms. The number of nitrogens with zero attached hydrogens (tertiary/aromatic N) is 5. The SMILES string of the molecule is CCN1CCN(c2nc(C#N)c3c(n2)CCC3)CC1. The lowest BCUT2D eigenvalue weighted by Crippen LogP contribution is -2.46. The lowest BCUT2D eigenvalue weighted by Gasteiger charge is -2.34. The average Bonchev–Trinajstić information content (AvgIpc) is 2.94. The Bertz CT molecular complexity index is 511. The average molecular weight is 257 g/mol. The molecule has 0 N–H and O–H groups in total. The number of likely N-dealkylation sites (N-methyl/N-ethyl adjacent to an activating group) is 1. The van der Waals surface area contributed by atoms with E-state index in [2.05, 4.69) is 32.8 Å². The molecule has 0 aromatic carbocycles. The van der Waals surface area contributed by atoms with Crippen molar-refractivity contribution in [3.05, 3.63) is 17.0 Å². The Morgan fingerprint density at radius 2 is 1.95 bits per heavy atom. The number of hydrogen-bond acceptors (Lipinski definition) is 5. The highest BCUT2D eigenvalue weighted by Gasteiger charge is 2.23. The van der Waals surface area contributed by atoms with Gasteiger partial charge in [0.2, 0.25) is 5.95 Å². The fourth-order valence-electron chi connectivity index (χ4n) is 2.92. The highest BCUT2D eigenvalue weighted by atomic mass is 15.3. The third kappa shape index (κ3) is 2.28. The smallest absolute Gasteiger partial charge is 0.226 e. The van der Waals surface area contributed by atoms with Crippen molar-refractivity contribution >= 4 is 5.95 Å². The molecule has 0 radical (unpaired) electrons. The summed E-state index contributed by atoms with van der Waals surface area (Å²) in [4.78, 5) is 13.8. The van der Waals surface area contributed by atoms with E-state index in [0.717, 1.165) is 69.2 Å². The molecule has 0 unspecified atom stereocenters. The van der Waals surface area contributed by atoms with E-state index in [9.17, 15) is 5.26 Å². The number of piperazine rings is 1. The van der Waals surface area contributed by atoms with Crippen molar-refractivity contribution in [1.82, 2.24) is 14.9 Å². The molecule has 1 aliphatic heterocycles. The Morgan fingerprint density at radius 1 is 1.16 bits per heavy atom. The van der Waals surface area contributed by atoms with Gasteiger partial charge in [-0.15, -0.1) is 0 Å². The minimum atomic E-state index is 0.593. The van der Waals surface area contributed by atoms with Crippen LogP contribution in [0, 0.1) is 11.3 Å². The fraction of sp³-hybridized carbons (Fsp3) is 0.643. The summed E-state index contributed by atoms with van der Waals surface area (Å²) >= 11 is 0. The van der Waals surface area contributed by atoms with Crippen molar-refractivity contribution < 1.29 is 0 Å². The van der Waals surface area contributed by atoms with Crippen molar-refractivity contribution in [2.75, 3.05) is 37.6 Å². The molecular formula is C14H19N5. The number of rotatable bonds is 2. The molecule has 19 heavy (non-hydrogen) atoms. The van der Waals surface area contributed by atoms with Crippen LogP contribution in [0.25, 0.3) is 0 Å². The molecule has 0 spiro atoms. The minimum Gasteiger partial charge on any atom is -0.338 e. The summed E-state index contributed by atoms with van der Waals surface area (Å²) in [6.07, 6.45) is 3.06. The zero-order chi connectivity index (χ0) is 13.2. The lowest BCUT2D eigenvalue weighted by molar-refractivity contribution is 0.270. The molecule has 1 fully saturated rings. The van der Waals surface area contributed by atoms with E-state index < -0.39 is 0 Å². The van der Waals surface area contributed by atoms with Crippen LogP contribution < -0.4 is 4.90 Å². The third-order valence-corrected chi connectivity index (χ3v) is 4.13. The first-order valence-corrected chi connectivity index (χ1v) is 7.09. The Kier molecular flexibility index (Phi) is 3.34. The minimum absolute atomic E-state index is 0.593. The summed E-state index contributed by atoms with van der Waals surface area (Å²) in [5.41, 5.74) is 2.77. The summed E-state index contributed by atoms with van der Waals surface area (Å²) in [6.45, 7) is 7.31. The van der Waals surface area contributed by atoms with Crippen molar-refractivity contribution in [2.24, 2.45) is 0 Å². The maximum Gasteiger partial charge on any atom is 0.226 e. The molecular weight excluding hydrogens is 238 g/mol. The van der Waals surface area contributed by atoms with Gasteiger partial charge in [0.25, 0.3) is 0 Å². The first-order valence-electron chi connectivity index (χ1n) is 7.09. The van der Waals surface area contributed by atoms with Crippen LogP contribution in [-0.2, 0) is 12.8 Å². The molecule has 100 valence electrons. The number of aryl methyl sites for hydroxylation is 1. The molecule has 1 aromatic rings. The van der Waals surface area contributed by atoms with Gasteiger partial charge in [-0.05, 0) is 25.8 Å². The van der Waals surface area contributed by atoms with Crippen molar-refractivity contribution in [3.8, 4) is 6.07 Å². The monoisotopic (exact) mass is 257 g/mol. The van der Waals surface area contributed by atoms with Crippen LogP contribution >= 0.6 is 0 Å². The fourth-order valence-corrected chi connectivity index (χ4v) is 2.92. The standard InChI is InChI=1S/C14H19N5/c1-2-18-6-8-19(9-7-18)14-16-12-5-3-4-11(12)13(10-15)17-14/h2-9H2,1H3. The van der Waals surface area contributed by atoms with Crippen LogP contribution in [0.1, 0.15) is 30.3 Å². The number of nitriles is 1. The summed E-state index contributed by atoms with van der Waals surface area (Å²) in [5.74, 6) is 0.757. The third-order valence-electron chi connectivity index (χ3n) is 4.13. The zero-order valence-electron chi connectivity index (χ0n) is 11.4. The van der Waals surface area contributed by atoms with E-state index in [4.69, 9.17) is 0 Å². The molecule has 2 aliphatic rings. The molecule has 1 aromatic heterocycles. The first-order chi connectivity index (χ1) is 9.31. The van der Waals surface area contributed by atoms with Gasteiger partial charge in [-0.2, -0.15) is 5.26 Å². The van der Waals surface area contributed by atoms with Gasteiger partial charge in [-0.3, -0.25) is 0 Å². The highest BCUT2D eigenvalue weighted by molar-refractivity contribution is 5.44. The number of fused-ring (bicyclic) bond motifs is 1. The highest BCUT2D eigenvalue weighted by Crippen LogP contribution is 2.25. The molecule has 0 amide bonds. The largest absolute Gasteiger partial charge is 0.338 e. The van der Waals surface area contributed by atoms with Gasteiger partial charge in [-0.1, -0.05) is 6.92 Å². The molecule has 1 aliphatic carbocycles. The van der Waals surface area contributed by atoms with Gasteiger partial charge >= 0.3 is 0 Å². The Labute approximate surface area is 113 Å². The van der Waals surface area contributed by atoms with Gasteiger partial charge in [-0.25, -0.2) is 9.97 Å². The van der Waals surface area contributed by atoms with Crippen LogP contribution in [-0.4, -0.2) is 47.6 Å². The molecule has 0 bridgehead atoms. The second kappa shape index (κ2) is 5.14. The lowest BCUT2D eigenvalue weighted by atomic mass is 10.2. The van der Waals surface area contributed by atoms with Gasteiger partial charge in [0, 0.05) is 31.7 Å². The predicted molar refractivity (Wildman–Crippen MR) is 73.1 cm³/mol. The van der Waals surface area contributed by atoms with Crippen LogP contribution in [0.15, 0.2) is 0 Å². The van der Waals surface area contributed by atoms with E-state index >= 15 is 0 Å². The van der Waals surface area contributed by atoms with Crippen LogP contribution in [0.2, 0.25) is 0 Å². The van der Waals surface area contributed by atoms with E-state index in [0.29, 0.717) is 5.69 Å². The second-order valence-corrected chi connectivity index (χ2v) is 5.18. The molecule has 3 rings (SSSR count). The van der Waals surface area contributed by atoms with Crippen LogP contribution in [0.5, 0.6) is 0 Å². The summed E-state index contributed by atoms with van der Waals surface area (Å²) < 4.78 is 0. The van der Waals surface area contributed by atoms with Crippen molar-refractivity contribution in [3.63, 3.8) is 0 Å². The molecule has 5 nitrogen and oxygen atoms in total. The Morgan fingerprint density at radius 3 is 2.63 bits per heavy atom. The van der Waals surface area contributed by atoms with Crippen molar-refractivity contribution in [1.29, 1.82) is 5.26 Å². The Hall–Kier alpha value is -1.67. The summed E-state index contributed by atoms with van der Waals surface area (Å²) in [7, 11) is 0.